The lowest BCUT2D eigenvalue weighted by molar-refractivity contribution is 0.415. The number of methoxy groups -OCH3 is 2. The molecular weight excluding hydrogens is 568 g/mol. The van der Waals surface area contributed by atoms with Crippen LogP contribution in [0.4, 0.5) is 11.4 Å². The summed E-state index contributed by atoms with van der Waals surface area (Å²) in [7, 11) is 11.4. The third kappa shape index (κ3) is 7.53. The summed E-state index contributed by atoms with van der Waals surface area (Å²) in [5, 5.41) is 2.31. The standard InChI is InChI=1S/2C20H20N2O/c2*1-22(2)19-11-9-15(14-20(19)23-3)8-10-16-12-13-21-18-7-5-4-6-17(16)18/h2*4-14H,1-3H3. The highest BCUT2D eigenvalue weighted by Gasteiger charge is 2.06. The van der Waals surface area contributed by atoms with E-state index in [9.17, 15) is 0 Å². The number of rotatable bonds is 8. The third-order valence-electron chi connectivity index (χ3n) is 7.65. The number of fused-ring (bicyclic) bond motifs is 2. The van der Waals surface area contributed by atoms with Gasteiger partial charge < -0.3 is 19.3 Å². The van der Waals surface area contributed by atoms with Crippen LogP contribution in [0.25, 0.3) is 46.1 Å². The lowest BCUT2D eigenvalue weighted by atomic mass is 10.1. The molecule has 0 aliphatic heterocycles. The third-order valence-corrected chi connectivity index (χ3v) is 7.65. The molecule has 0 spiro atoms. The van der Waals surface area contributed by atoms with Gasteiger partial charge in [0.1, 0.15) is 11.5 Å². The lowest BCUT2D eigenvalue weighted by Gasteiger charge is -2.16. The van der Waals surface area contributed by atoms with E-state index in [1.165, 1.54) is 0 Å². The Morgan fingerprint density at radius 2 is 0.913 bits per heavy atom. The first-order valence-electron chi connectivity index (χ1n) is 15.1. The molecule has 0 fully saturated rings. The molecule has 0 radical (unpaired) electrons. The largest absolute Gasteiger partial charge is 0.495 e. The van der Waals surface area contributed by atoms with Crippen LogP contribution in [0, 0.1) is 0 Å². The summed E-state index contributed by atoms with van der Waals surface area (Å²) in [4.78, 5) is 12.9. The fraction of sp³-hybridized carbons (Fsp3) is 0.150. The van der Waals surface area contributed by atoms with Gasteiger partial charge in [-0.25, -0.2) is 0 Å². The van der Waals surface area contributed by atoms with E-state index in [-0.39, 0.29) is 0 Å². The summed E-state index contributed by atoms with van der Waals surface area (Å²) in [5.74, 6) is 1.74. The normalized spacial score (nSPS) is 11.1. The molecule has 0 N–H and O–H groups in total. The van der Waals surface area contributed by atoms with Gasteiger partial charge in [0.2, 0.25) is 0 Å². The topological polar surface area (TPSA) is 50.7 Å². The van der Waals surface area contributed by atoms with Crippen molar-refractivity contribution in [2.45, 2.75) is 0 Å². The van der Waals surface area contributed by atoms with E-state index >= 15 is 0 Å². The maximum absolute atomic E-state index is 5.48. The molecule has 6 heteroatoms. The first-order valence-corrected chi connectivity index (χ1v) is 15.1. The Morgan fingerprint density at radius 3 is 1.30 bits per heavy atom. The van der Waals surface area contributed by atoms with Crippen LogP contribution in [0.3, 0.4) is 0 Å². The molecule has 6 aromatic rings. The highest BCUT2D eigenvalue weighted by Crippen LogP contribution is 2.30. The van der Waals surface area contributed by atoms with Gasteiger partial charge in [-0.1, -0.05) is 72.8 Å². The van der Waals surface area contributed by atoms with Crippen molar-refractivity contribution in [3.63, 3.8) is 0 Å². The molecule has 6 nitrogen and oxygen atoms in total. The monoisotopic (exact) mass is 608 g/mol. The maximum Gasteiger partial charge on any atom is 0.142 e. The van der Waals surface area contributed by atoms with Crippen LogP contribution in [0.2, 0.25) is 0 Å². The molecule has 0 unspecified atom stereocenters. The summed E-state index contributed by atoms with van der Waals surface area (Å²) in [6, 6.07) is 32.8. The molecule has 2 heterocycles. The van der Waals surface area contributed by atoms with Crippen molar-refractivity contribution in [1.29, 1.82) is 0 Å². The molecule has 0 saturated heterocycles. The van der Waals surface area contributed by atoms with Gasteiger partial charge in [0.15, 0.2) is 0 Å². The highest BCUT2D eigenvalue weighted by molar-refractivity contribution is 5.91. The van der Waals surface area contributed by atoms with Crippen molar-refractivity contribution in [2.75, 3.05) is 52.2 Å². The Morgan fingerprint density at radius 1 is 0.500 bits per heavy atom. The van der Waals surface area contributed by atoms with E-state index in [1.807, 2.05) is 98.9 Å². The van der Waals surface area contributed by atoms with Crippen LogP contribution in [0.1, 0.15) is 22.3 Å². The number of para-hydroxylation sites is 2. The quantitative estimate of drug-likeness (QED) is 0.172. The maximum atomic E-state index is 5.48. The molecule has 4 aromatic carbocycles. The molecule has 0 saturated carbocycles. The van der Waals surface area contributed by atoms with Crippen LogP contribution in [-0.4, -0.2) is 52.4 Å². The second kappa shape index (κ2) is 14.9. The summed E-state index contributed by atoms with van der Waals surface area (Å²) in [5.41, 5.74) is 8.68. The molecule has 0 amide bonds. The van der Waals surface area contributed by atoms with Gasteiger partial charge in [0.25, 0.3) is 0 Å². The van der Waals surface area contributed by atoms with E-state index in [0.29, 0.717) is 0 Å². The molecule has 0 bridgehead atoms. The zero-order chi connectivity index (χ0) is 32.5. The number of hydrogen-bond donors (Lipinski definition) is 0. The number of hydrogen-bond acceptors (Lipinski definition) is 6. The minimum atomic E-state index is 0.872. The predicted molar refractivity (Wildman–Crippen MR) is 196 cm³/mol. The first-order chi connectivity index (χ1) is 22.4. The van der Waals surface area contributed by atoms with E-state index in [4.69, 9.17) is 9.47 Å². The second-order valence-corrected chi connectivity index (χ2v) is 11.2. The summed E-state index contributed by atoms with van der Waals surface area (Å²) in [6.45, 7) is 0. The van der Waals surface area contributed by atoms with Gasteiger partial charge >= 0.3 is 0 Å². The number of nitrogens with zero attached hydrogens (tertiary/aromatic N) is 4. The summed E-state index contributed by atoms with van der Waals surface area (Å²) < 4.78 is 11.0. The second-order valence-electron chi connectivity index (χ2n) is 11.2. The fourth-order valence-corrected chi connectivity index (χ4v) is 5.23. The number of pyridine rings is 2. The van der Waals surface area contributed by atoms with Crippen LogP contribution >= 0.6 is 0 Å². The van der Waals surface area contributed by atoms with Gasteiger partial charge in [0, 0.05) is 51.4 Å². The summed E-state index contributed by atoms with van der Waals surface area (Å²) in [6.07, 6.45) is 12.1. The minimum absolute atomic E-state index is 0.872. The molecule has 0 atom stereocenters. The average Bonchev–Trinajstić information content (AvgIpc) is 3.09. The van der Waals surface area contributed by atoms with Gasteiger partial charge in [-0.3, -0.25) is 9.97 Å². The zero-order valence-electron chi connectivity index (χ0n) is 27.3. The van der Waals surface area contributed by atoms with E-state index in [2.05, 4.69) is 82.8 Å². The van der Waals surface area contributed by atoms with Crippen LogP contribution < -0.4 is 19.3 Å². The van der Waals surface area contributed by atoms with E-state index < -0.39 is 0 Å². The Kier molecular flexibility index (Phi) is 10.3. The molecule has 0 aliphatic carbocycles. The van der Waals surface area contributed by atoms with Gasteiger partial charge in [-0.2, -0.15) is 0 Å². The van der Waals surface area contributed by atoms with E-state index in [0.717, 1.165) is 66.9 Å². The predicted octanol–water partition coefficient (Wildman–Crippen LogP) is 8.96. The molecule has 0 aliphatic rings. The number of anilines is 2. The average molecular weight is 609 g/mol. The van der Waals surface area contributed by atoms with Crippen molar-refractivity contribution in [2.24, 2.45) is 0 Å². The van der Waals surface area contributed by atoms with Crippen molar-refractivity contribution in [3.05, 3.63) is 132 Å². The number of aromatic nitrogens is 2. The van der Waals surface area contributed by atoms with Crippen LogP contribution in [0.5, 0.6) is 11.5 Å². The Labute approximate surface area is 271 Å². The number of ether oxygens (including phenoxy) is 2. The highest BCUT2D eigenvalue weighted by atomic mass is 16.5. The van der Waals surface area contributed by atoms with Crippen LogP contribution in [-0.2, 0) is 0 Å². The van der Waals surface area contributed by atoms with Gasteiger partial charge in [-0.05, 0) is 70.8 Å². The minimum Gasteiger partial charge on any atom is -0.495 e. The fourth-order valence-electron chi connectivity index (χ4n) is 5.23. The Balaban J connectivity index is 0.000000181. The first kappa shape index (κ1) is 31.8. The Hall–Kier alpha value is -5.62. The molecule has 2 aromatic heterocycles. The number of benzene rings is 4. The van der Waals surface area contributed by atoms with Gasteiger partial charge in [0.05, 0.1) is 36.6 Å². The molecule has 46 heavy (non-hydrogen) atoms. The van der Waals surface area contributed by atoms with Crippen LogP contribution in [0.15, 0.2) is 109 Å². The Bertz CT molecular complexity index is 1840. The van der Waals surface area contributed by atoms with E-state index in [1.54, 1.807) is 14.2 Å². The smallest absolute Gasteiger partial charge is 0.142 e. The molecule has 232 valence electrons. The zero-order valence-corrected chi connectivity index (χ0v) is 27.3. The summed E-state index contributed by atoms with van der Waals surface area (Å²) >= 11 is 0. The van der Waals surface area contributed by atoms with Crippen molar-refractivity contribution >= 4 is 57.5 Å². The molecule has 6 rings (SSSR count). The molecular formula is C40H40N4O2. The van der Waals surface area contributed by atoms with Crippen molar-refractivity contribution in [1.82, 2.24) is 9.97 Å². The SMILES string of the molecule is COc1cc(C=Cc2ccnc3ccccc23)ccc1N(C)C.COc1cc(C=Cc2ccnc3ccccc23)ccc1N(C)C. The van der Waals surface area contributed by atoms with Crippen molar-refractivity contribution in [3.8, 4) is 11.5 Å². The van der Waals surface area contributed by atoms with Gasteiger partial charge in [-0.15, -0.1) is 0 Å². The lowest BCUT2D eigenvalue weighted by Crippen LogP contribution is -2.09. The van der Waals surface area contributed by atoms with Crippen molar-refractivity contribution < 1.29 is 9.47 Å².